The number of halogens is 1. The van der Waals surface area contributed by atoms with Gasteiger partial charge in [-0.15, -0.1) is 0 Å². The van der Waals surface area contributed by atoms with Crippen LogP contribution < -0.4 is 5.32 Å². The topological polar surface area (TPSA) is 65.2 Å². The van der Waals surface area contributed by atoms with Crippen molar-refractivity contribution in [3.63, 3.8) is 0 Å². The van der Waals surface area contributed by atoms with Gasteiger partial charge in [0.05, 0.1) is 0 Å². The zero-order valence-electron chi connectivity index (χ0n) is 16.2. The van der Waals surface area contributed by atoms with Crippen LogP contribution in [0, 0.1) is 5.92 Å². The standard InChI is InChI=1S/C23H24ClN3O2/c24-19-6-7-20-18(13-19)14-21(26-20)23(29)27-10-8-16(9-11-27)12-22(28)25-15-17-4-2-1-3-5-17/h1-7,13-14,16,26H,8-12,15H2,(H,25,28). The van der Waals surface area contributed by atoms with E-state index < -0.39 is 0 Å². The fourth-order valence-corrected chi connectivity index (χ4v) is 4.04. The van der Waals surface area contributed by atoms with Crippen LogP contribution in [0.25, 0.3) is 10.9 Å². The van der Waals surface area contributed by atoms with Gasteiger partial charge < -0.3 is 15.2 Å². The van der Waals surface area contributed by atoms with Crippen LogP contribution in [0.15, 0.2) is 54.6 Å². The molecule has 1 aliphatic heterocycles. The van der Waals surface area contributed by atoms with E-state index in [4.69, 9.17) is 11.6 Å². The third kappa shape index (κ3) is 4.80. The highest BCUT2D eigenvalue weighted by molar-refractivity contribution is 6.31. The van der Waals surface area contributed by atoms with Crippen molar-refractivity contribution in [3.05, 3.63) is 70.9 Å². The van der Waals surface area contributed by atoms with Crippen molar-refractivity contribution < 1.29 is 9.59 Å². The van der Waals surface area contributed by atoms with Crippen LogP contribution in [0.5, 0.6) is 0 Å². The lowest BCUT2D eigenvalue weighted by atomic mass is 9.93. The Labute approximate surface area is 175 Å². The SMILES string of the molecule is O=C(CC1CCN(C(=O)c2cc3cc(Cl)ccc3[nH]2)CC1)NCc1ccccc1. The molecule has 1 fully saturated rings. The first-order valence-electron chi connectivity index (χ1n) is 9.96. The normalized spacial score (nSPS) is 14.9. The van der Waals surface area contributed by atoms with Crippen LogP contribution in [0.2, 0.25) is 5.02 Å². The van der Waals surface area contributed by atoms with E-state index in [9.17, 15) is 9.59 Å². The Balaban J connectivity index is 1.27. The number of nitrogens with zero attached hydrogens (tertiary/aromatic N) is 1. The molecule has 0 aliphatic carbocycles. The second-order valence-electron chi connectivity index (χ2n) is 7.62. The molecule has 2 heterocycles. The average molecular weight is 410 g/mol. The van der Waals surface area contributed by atoms with Crippen LogP contribution >= 0.6 is 11.6 Å². The number of nitrogens with one attached hydrogen (secondary N) is 2. The van der Waals surface area contributed by atoms with Crippen LogP contribution in [0.1, 0.15) is 35.3 Å². The molecule has 3 aromatic rings. The quantitative estimate of drug-likeness (QED) is 0.656. The van der Waals surface area contributed by atoms with E-state index in [0.29, 0.717) is 42.7 Å². The summed E-state index contributed by atoms with van der Waals surface area (Å²) in [5.41, 5.74) is 2.59. The summed E-state index contributed by atoms with van der Waals surface area (Å²) in [6.07, 6.45) is 2.20. The predicted molar refractivity (Wildman–Crippen MR) is 115 cm³/mol. The summed E-state index contributed by atoms with van der Waals surface area (Å²) in [6.45, 7) is 1.90. The number of carbonyl (C=O) groups excluding carboxylic acids is 2. The highest BCUT2D eigenvalue weighted by Crippen LogP contribution is 2.24. The maximum atomic E-state index is 12.8. The molecule has 0 saturated carbocycles. The van der Waals surface area contributed by atoms with Gasteiger partial charge in [-0.1, -0.05) is 41.9 Å². The molecular formula is C23H24ClN3O2. The first-order valence-corrected chi connectivity index (χ1v) is 10.3. The van der Waals surface area contributed by atoms with Crippen molar-refractivity contribution in [2.24, 2.45) is 5.92 Å². The van der Waals surface area contributed by atoms with Gasteiger partial charge in [0.1, 0.15) is 5.69 Å². The molecule has 1 aromatic heterocycles. The third-order valence-corrected chi connectivity index (χ3v) is 5.76. The van der Waals surface area contributed by atoms with Gasteiger partial charge in [0.2, 0.25) is 5.91 Å². The molecule has 2 amide bonds. The highest BCUT2D eigenvalue weighted by Gasteiger charge is 2.26. The largest absolute Gasteiger partial charge is 0.352 e. The van der Waals surface area contributed by atoms with E-state index in [1.165, 1.54) is 0 Å². The minimum absolute atomic E-state index is 0.00398. The number of amides is 2. The van der Waals surface area contributed by atoms with Gasteiger partial charge in [0, 0.05) is 42.0 Å². The molecule has 2 N–H and O–H groups in total. The summed E-state index contributed by atoms with van der Waals surface area (Å²) in [4.78, 5) is 30.1. The minimum atomic E-state index is 0.00398. The lowest BCUT2D eigenvalue weighted by molar-refractivity contribution is -0.122. The maximum absolute atomic E-state index is 12.8. The van der Waals surface area contributed by atoms with Crippen molar-refractivity contribution in [1.29, 1.82) is 0 Å². The summed E-state index contributed by atoms with van der Waals surface area (Å²) in [5.74, 6) is 0.395. The maximum Gasteiger partial charge on any atom is 0.270 e. The van der Waals surface area contributed by atoms with Crippen molar-refractivity contribution in [2.45, 2.75) is 25.8 Å². The van der Waals surface area contributed by atoms with Gasteiger partial charge in [0.25, 0.3) is 5.91 Å². The molecule has 1 saturated heterocycles. The number of aromatic nitrogens is 1. The number of H-pyrrole nitrogens is 1. The van der Waals surface area contributed by atoms with Crippen LogP contribution in [-0.2, 0) is 11.3 Å². The molecule has 2 aromatic carbocycles. The molecule has 150 valence electrons. The fraction of sp³-hybridized carbons (Fsp3) is 0.304. The van der Waals surface area contributed by atoms with E-state index in [1.54, 1.807) is 0 Å². The van der Waals surface area contributed by atoms with E-state index in [1.807, 2.05) is 59.5 Å². The van der Waals surface area contributed by atoms with Crippen LogP contribution in [0.3, 0.4) is 0 Å². The van der Waals surface area contributed by atoms with E-state index in [2.05, 4.69) is 10.3 Å². The Morgan fingerprint density at radius 3 is 2.59 bits per heavy atom. The number of likely N-dealkylation sites (tertiary alicyclic amines) is 1. The number of rotatable bonds is 5. The third-order valence-electron chi connectivity index (χ3n) is 5.52. The zero-order valence-corrected chi connectivity index (χ0v) is 16.9. The smallest absolute Gasteiger partial charge is 0.270 e. The number of hydrogen-bond donors (Lipinski definition) is 2. The van der Waals surface area contributed by atoms with Crippen molar-refractivity contribution >= 4 is 34.3 Å². The number of hydrogen-bond acceptors (Lipinski definition) is 2. The number of carbonyl (C=O) groups is 2. The molecule has 6 heteroatoms. The Hall–Kier alpha value is -2.79. The number of benzene rings is 2. The van der Waals surface area contributed by atoms with Crippen molar-refractivity contribution in [1.82, 2.24) is 15.2 Å². The average Bonchev–Trinajstić information content (AvgIpc) is 3.16. The molecular weight excluding hydrogens is 386 g/mol. The first-order chi connectivity index (χ1) is 14.1. The Bertz CT molecular complexity index is 1010. The van der Waals surface area contributed by atoms with Gasteiger partial charge in [0.15, 0.2) is 0 Å². The number of piperidine rings is 1. The molecule has 5 nitrogen and oxygen atoms in total. The molecule has 0 unspecified atom stereocenters. The monoisotopic (exact) mass is 409 g/mol. The van der Waals surface area contributed by atoms with Gasteiger partial charge in [-0.05, 0) is 48.6 Å². The number of aromatic amines is 1. The summed E-state index contributed by atoms with van der Waals surface area (Å²) < 4.78 is 0. The lowest BCUT2D eigenvalue weighted by Gasteiger charge is -2.31. The van der Waals surface area contributed by atoms with E-state index >= 15 is 0 Å². The van der Waals surface area contributed by atoms with Gasteiger partial charge in [-0.2, -0.15) is 0 Å². The Kier molecular flexibility index (Phi) is 5.86. The fourth-order valence-electron chi connectivity index (χ4n) is 3.86. The molecule has 4 rings (SSSR count). The summed E-state index contributed by atoms with van der Waals surface area (Å²) in [6, 6.07) is 17.3. The molecule has 0 radical (unpaired) electrons. The first kappa shape index (κ1) is 19.5. The highest BCUT2D eigenvalue weighted by atomic mass is 35.5. The molecule has 1 aliphatic rings. The molecule has 29 heavy (non-hydrogen) atoms. The van der Waals surface area contributed by atoms with Gasteiger partial charge in [-0.3, -0.25) is 9.59 Å². The second kappa shape index (κ2) is 8.70. The van der Waals surface area contributed by atoms with Gasteiger partial charge >= 0.3 is 0 Å². The summed E-state index contributed by atoms with van der Waals surface area (Å²) in [5, 5.41) is 4.58. The Morgan fingerprint density at radius 2 is 1.83 bits per heavy atom. The summed E-state index contributed by atoms with van der Waals surface area (Å²) >= 11 is 6.03. The van der Waals surface area contributed by atoms with E-state index in [0.717, 1.165) is 29.3 Å². The van der Waals surface area contributed by atoms with Gasteiger partial charge in [-0.25, -0.2) is 0 Å². The molecule has 0 bridgehead atoms. The van der Waals surface area contributed by atoms with Crippen LogP contribution in [-0.4, -0.2) is 34.8 Å². The molecule has 0 atom stereocenters. The van der Waals surface area contributed by atoms with Crippen molar-refractivity contribution in [3.8, 4) is 0 Å². The molecule has 0 spiro atoms. The predicted octanol–water partition coefficient (Wildman–Crippen LogP) is 4.38. The zero-order chi connectivity index (χ0) is 20.2. The summed E-state index contributed by atoms with van der Waals surface area (Å²) in [7, 11) is 0. The van der Waals surface area contributed by atoms with Crippen molar-refractivity contribution in [2.75, 3.05) is 13.1 Å². The minimum Gasteiger partial charge on any atom is -0.352 e. The second-order valence-corrected chi connectivity index (χ2v) is 8.05. The number of fused-ring (bicyclic) bond motifs is 1. The lowest BCUT2D eigenvalue weighted by Crippen LogP contribution is -2.39. The van der Waals surface area contributed by atoms with Crippen LogP contribution in [0.4, 0.5) is 0 Å². The van der Waals surface area contributed by atoms with E-state index in [-0.39, 0.29) is 11.8 Å². The Morgan fingerprint density at radius 1 is 1.07 bits per heavy atom.